The molecule has 0 atom stereocenters. The summed E-state index contributed by atoms with van der Waals surface area (Å²) >= 11 is 0. The molecule has 26 heavy (non-hydrogen) atoms. The molecule has 6 heteroatoms. The highest BCUT2D eigenvalue weighted by atomic mass is 16.6. The first-order valence-electron chi connectivity index (χ1n) is 8.68. The van der Waals surface area contributed by atoms with E-state index in [0.29, 0.717) is 0 Å². The Morgan fingerprint density at radius 2 is 1.77 bits per heavy atom. The highest BCUT2D eigenvalue weighted by Crippen LogP contribution is 2.21. The molecule has 0 aliphatic carbocycles. The molecule has 1 aliphatic rings. The van der Waals surface area contributed by atoms with Gasteiger partial charge in [-0.15, -0.1) is 0 Å². The largest absolute Gasteiger partial charge is 0.496 e. The number of non-ortho nitro benzene ring substituents is 1. The molecule has 0 saturated carbocycles. The molecule has 0 amide bonds. The average molecular weight is 353 g/mol. The van der Waals surface area contributed by atoms with Crippen molar-refractivity contribution in [3.63, 3.8) is 0 Å². The SMILES string of the molecule is COc1ccccc1C=CCN1CCN(c2ccc([N+](=O)[O-])cc2)CC1. The summed E-state index contributed by atoms with van der Waals surface area (Å²) in [6.45, 7) is 4.66. The number of benzene rings is 2. The van der Waals surface area contributed by atoms with Gasteiger partial charge in [0.25, 0.3) is 5.69 Å². The Kier molecular flexibility index (Phi) is 5.86. The van der Waals surface area contributed by atoms with E-state index in [9.17, 15) is 10.1 Å². The van der Waals surface area contributed by atoms with Crippen molar-refractivity contribution in [3.8, 4) is 5.75 Å². The van der Waals surface area contributed by atoms with Crippen LogP contribution in [0.5, 0.6) is 5.75 Å². The third-order valence-electron chi connectivity index (χ3n) is 4.60. The Morgan fingerprint density at radius 1 is 1.08 bits per heavy atom. The lowest BCUT2D eigenvalue weighted by atomic mass is 10.2. The minimum Gasteiger partial charge on any atom is -0.496 e. The monoisotopic (exact) mass is 353 g/mol. The topological polar surface area (TPSA) is 58.8 Å². The second-order valence-electron chi connectivity index (χ2n) is 6.21. The summed E-state index contributed by atoms with van der Waals surface area (Å²) in [5.74, 6) is 0.881. The van der Waals surface area contributed by atoms with E-state index in [1.807, 2.05) is 36.4 Å². The van der Waals surface area contributed by atoms with E-state index < -0.39 is 0 Å². The van der Waals surface area contributed by atoms with Gasteiger partial charge in [-0.2, -0.15) is 0 Å². The van der Waals surface area contributed by atoms with Crippen LogP contribution in [-0.4, -0.2) is 49.7 Å². The molecule has 6 nitrogen and oxygen atoms in total. The maximum Gasteiger partial charge on any atom is 0.269 e. The van der Waals surface area contributed by atoms with Crippen LogP contribution in [0.15, 0.2) is 54.6 Å². The summed E-state index contributed by atoms with van der Waals surface area (Å²) in [6, 6.07) is 14.8. The summed E-state index contributed by atoms with van der Waals surface area (Å²) in [7, 11) is 1.68. The van der Waals surface area contributed by atoms with Gasteiger partial charge in [-0.25, -0.2) is 0 Å². The summed E-state index contributed by atoms with van der Waals surface area (Å²) in [4.78, 5) is 15.0. The maximum absolute atomic E-state index is 10.7. The Labute approximate surface area is 153 Å². The highest BCUT2D eigenvalue weighted by molar-refractivity contribution is 5.57. The number of para-hydroxylation sites is 1. The van der Waals surface area contributed by atoms with Crippen molar-refractivity contribution in [2.75, 3.05) is 44.7 Å². The van der Waals surface area contributed by atoms with Gasteiger partial charge in [0, 0.05) is 56.1 Å². The minimum atomic E-state index is -0.365. The molecule has 2 aromatic carbocycles. The Morgan fingerprint density at radius 3 is 2.42 bits per heavy atom. The number of nitro groups is 1. The smallest absolute Gasteiger partial charge is 0.269 e. The van der Waals surface area contributed by atoms with Crippen LogP contribution in [0.1, 0.15) is 5.56 Å². The van der Waals surface area contributed by atoms with Gasteiger partial charge < -0.3 is 9.64 Å². The lowest BCUT2D eigenvalue weighted by Gasteiger charge is -2.35. The van der Waals surface area contributed by atoms with Crippen molar-refractivity contribution in [2.45, 2.75) is 0 Å². The van der Waals surface area contributed by atoms with Crippen molar-refractivity contribution < 1.29 is 9.66 Å². The predicted molar refractivity (Wildman–Crippen MR) is 104 cm³/mol. The molecule has 136 valence electrons. The third-order valence-corrected chi connectivity index (χ3v) is 4.60. The molecule has 3 rings (SSSR count). The summed E-state index contributed by atoms with van der Waals surface area (Å²) in [5.41, 5.74) is 2.26. The molecule has 0 bridgehead atoms. The average Bonchev–Trinajstić information content (AvgIpc) is 2.69. The van der Waals surface area contributed by atoms with E-state index in [0.717, 1.165) is 49.7 Å². The second kappa shape index (κ2) is 8.49. The second-order valence-corrected chi connectivity index (χ2v) is 6.21. The van der Waals surface area contributed by atoms with Crippen LogP contribution in [-0.2, 0) is 0 Å². The van der Waals surface area contributed by atoms with Gasteiger partial charge >= 0.3 is 0 Å². The van der Waals surface area contributed by atoms with E-state index >= 15 is 0 Å². The molecule has 0 N–H and O–H groups in total. The fourth-order valence-corrected chi connectivity index (χ4v) is 3.11. The molecule has 1 fully saturated rings. The van der Waals surface area contributed by atoms with Crippen LogP contribution in [0, 0.1) is 10.1 Å². The fraction of sp³-hybridized carbons (Fsp3) is 0.300. The maximum atomic E-state index is 10.7. The van der Waals surface area contributed by atoms with Gasteiger partial charge in [-0.05, 0) is 18.2 Å². The Bertz CT molecular complexity index is 766. The van der Waals surface area contributed by atoms with Crippen LogP contribution >= 0.6 is 0 Å². The molecule has 1 saturated heterocycles. The molecule has 0 radical (unpaired) electrons. The van der Waals surface area contributed by atoms with Crippen LogP contribution in [0.2, 0.25) is 0 Å². The quantitative estimate of drug-likeness (QED) is 0.588. The molecule has 2 aromatic rings. The number of hydrogen-bond acceptors (Lipinski definition) is 5. The number of anilines is 1. The lowest BCUT2D eigenvalue weighted by Crippen LogP contribution is -2.46. The number of methoxy groups -OCH3 is 1. The zero-order chi connectivity index (χ0) is 18.4. The Hall–Kier alpha value is -2.86. The van der Waals surface area contributed by atoms with Crippen molar-refractivity contribution in [2.24, 2.45) is 0 Å². The number of hydrogen-bond donors (Lipinski definition) is 0. The summed E-state index contributed by atoms with van der Waals surface area (Å²) in [6.07, 6.45) is 4.26. The van der Waals surface area contributed by atoms with Crippen LogP contribution in [0.4, 0.5) is 11.4 Å². The molecule has 1 aliphatic heterocycles. The van der Waals surface area contributed by atoms with Gasteiger partial charge in [0.15, 0.2) is 0 Å². The van der Waals surface area contributed by atoms with Crippen LogP contribution in [0.25, 0.3) is 6.08 Å². The zero-order valence-corrected chi connectivity index (χ0v) is 14.9. The zero-order valence-electron chi connectivity index (χ0n) is 14.9. The number of piperazine rings is 1. The van der Waals surface area contributed by atoms with E-state index in [4.69, 9.17) is 4.74 Å². The van der Waals surface area contributed by atoms with Crippen molar-refractivity contribution >= 4 is 17.5 Å². The molecule has 1 heterocycles. The highest BCUT2D eigenvalue weighted by Gasteiger charge is 2.17. The molecular formula is C20H23N3O3. The van der Waals surface area contributed by atoms with E-state index in [2.05, 4.69) is 22.0 Å². The Balaban J connectivity index is 1.50. The third kappa shape index (κ3) is 4.40. The number of nitro benzene ring substituents is 1. The van der Waals surface area contributed by atoms with Gasteiger partial charge in [-0.1, -0.05) is 30.4 Å². The van der Waals surface area contributed by atoms with Gasteiger partial charge in [0.1, 0.15) is 5.75 Å². The van der Waals surface area contributed by atoms with Crippen molar-refractivity contribution in [1.82, 2.24) is 4.90 Å². The molecular weight excluding hydrogens is 330 g/mol. The fourth-order valence-electron chi connectivity index (χ4n) is 3.11. The summed E-state index contributed by atoms with van der Waals surface area (Å²) in [5, 5.41) is 10.7. The minimum absolute atomic E-state index is 0.133. The number of nitrogens with zero attached hydrogens (tertiary/aromatic N) is 3. The summed E-state index contributed by atoms with van der Waals surface area (Å²) < 4.78 is 5.36. The number of ether oxygens (including phenoxy) is 1. The van der Waals surface area contributed by atoms with E-state index in [1.165, 1.54) is 0 Å². The normalized spacial score (nSPS) is 15.3. The van der Waals surface area contributed by atoms with E-state index in [-0.39, 0.29) is 10.6 Å². The van der Waals surface area contributed by atoms with Gasteiger partial charge in [-0.3, -0.25) is 15.0 Å². The standard InChI is InChI=1S/C20H23N3O3/c1-26-20-7-3-2-5-17(20)6-4-12-21-13-15-22(16-14-21)18-8-10-19(11-9-18)23(24)25/h2-11H,12-16H2,1H3. The molecule has 0 unspecified atom stereocenters. The molecule has 0 aromatic heterocycles. The van der Waals surface area contributed by atoms with Crippen LogP contribution < -0.4 is 9.64 Å². The number of rotatable bonds is 6. The predicted octanol–water partition coefficient (Wildman–Crippen LogP) is 3.44. The lowest BCUT2D eigenvalue weighted by molar-refractivity contribution is -0.384. The molecule has 0 spiro atoms. The first kappa shape index (κ1) is 17.9. The first-order chi connectivity index (χ1) is 12.7. The van der Waals surface area contributed by atoms with Crippen LogP contribution in [0.3, 0.4) is 0 Å². The van der Waals surface area contributed by atoms with Gasteiger partial charge in [0.2, 0.25) is 0 Å². The van der Waals surface area contributed by atoms with E-state index in [1.54, 1.807) is 19.2 Å². The van der Waals surface area contributed by atoms with Gasteiger partial charge in [0.05, 0.1) is 12.0 Å². The first-order valence-corrected chi connectivity index (χ1v) is 8.68. The van der Waals surface area contributed by atoms with Crippen molar-refractivity contribution in [3.05, 3.63) is 70.3 Å². The van der Waals surface area contributed by atoms with Crippen molar-refractivity contribution in [1.29, 1.82) is 0 Å².